The fourth-order valence-corrected chi connectivity index (χ4v) is 4.85. The van der Waals surface area contributed by atoms with Gasteiger partial charge >= 0.3 is 0 Å². The van der Waals surface area contributed by atoms with Gasteiger partial charge in [-0.1, -0.05) is 12.1 Å². The van der Waals surface area contributed by atoms with Crippen molar-refractivity contribution in [2.24, 2.45) is 0 Å². The summed E-state index contributed by atoms with van der Waals surface area (Å²) in [5.41, 5.74) is 2.08. The van der Waals surface area contributed by atoms with Crippen LogP contribution in [0.25, 0.3) is 10.1 Å². The Bertz CT molecular complexity index is 764. The van der Waals surface area contributed by atoms with E-state index in [2.05, 4.69) is 34.5 Å². The molecule has 3 heterocycles. The number of aromatic nitrogens is 1. The van der Waals surface area contributed by atoms with E-state index in [0.717, 1.165) is 35.5 Å². The molecule has 1 saturated carbocycles. The third-order valence-electron chi connectivity index (χ3n) is 5.52. The van der Waals surface area contributed by atoms with Crippen LogP contribution in [0.15, 0.2) is 18.2 Å². The van der Waals surface area contributed by atoms with Crippen molar-refractivity contribution in [1.82, 2.24) is 14.2 Å². The third kappa shape index (κ3) is 1.85. The molecule has 0 radical (unpaired) electrons. The van der Waals surface area contributed by atoms with Gasteiger partial charge in [0.15, 0.2) is 0 Å². The molecule has 0 unspecified atom stereocenters. The predicted octanol–water partition coefficient (Wildman–Crippen LogP) is 2.70. The molecule has 3 aliphatic rings. The Kier molecular flexibility index (Phi) is 2.68. The Morgan fingerprint density at radius 2 is 2.14 bits per heavy atom. The summed E-state index contributed by atoms with van der Waals surface area (Å²) in [6, 6.07) is 7.46. The van der Waals surface area contributed by atoms with Crippen LogP contribution < -0.4 is 0 Å². The van der Waals surface area contributed by atoms with Gasteiger partial charge in [-0.2, -0.15) is 4.37 Å². The topological polar surface area (TPSA) is 36.4 Å². The summed E-state index contributed by atoms with van der Waals surface area (Å²) in [7, 11) is 2.16. The molecule has 1 aliphatic carbocycles. The van der Waals surface area contributed by atoms with E-state index in [1.54, 1.807) is 0 Å². The normalized spacial score (nSPS) is 28.0. The molecule has 0 spiro atoms. The Morgan fingerprint density at radius 3 is 2.82 bits per heavy atom. The first-order valence-electron chi connectivity index (χ1n) is 8.11. The van der Waals surface area contributed by atoms with E-state index >= 15 is 0 Å². The highest BCUT2D eigenvalue weighted by Crippen LogP contribution is 2.42. The van der Waals surface area contributed by atoms with Crippen LogP contribution in [0.3, 0.4) is 0 Å². The smallest absolute Gasteiger partial charge is 0.274 e. The van der Waals surface area contributed by atoms with Gasteiger partial charge in [0.1, 0.15) is 5.69 Å². The van der Waals surface area contributed by atoms with E-state index in [1.807, 2.05) is 4.90 Å². The standard InChI is InChI=1S/C17H19N3OS/c1-19-8-13-7-12(19)9-20(13)17(21)16-14-5-4-11(10-2-3-10)6-15(14)22-18-16/h4-6,10,12-13H,2-3,7-9H2,1H3/t12-,13-/m0/s1. The molecule has 2 atom stereocenters. The van der Waals surface area contributed by atoms with Crippen molar-refractivity contribution < 1.29 is 4.79 Å². The number of piperazine rings is 1. The lowest BCUT2D eigenvalue weighted by molar-refractivity contribution is 0.0648. The molecule has 1 aromatic heterocycles. The monoisotopic (exact) mass is 313 g/mol. The van der Waals surface area contributed by atoms with Crippen LogP contribution in [0, 0.1) is 0 Å². The molecule has 2 aliphatic heterocycles. The zero-order valence-electron chi connectivity index (χ0n) is 12.7. The van der Waals surface area contributed by atoms with Gasteiger partial charge < -0.3 is 4.90 Å². The number of rotatable bonds is 2. The van der Waals surface area contributed by atoms with Crippen LogP contribution in [0.4, 0.5) is 0 Å². The summed E-state index contributed by atoms with van der Waals surface area (Å²) >= 11 is 1.47. The number of nitrogens with zero attached hydrogens (tertiary/aromatic N) is 3. The van der Waals surface area contributed by atoms with Gasteiger partial charge in [0.2, 0.25) is 0 Å². The summed E-state index contributed by atoms with van der Waals surface area (Å²) in [4.78, 5) is 17.3. The van der Waals surface area contributed by atoms with Crippen molar-refractivity contribution in [2.45, 2.75) is 37.3 Å². The van der Waals surface area contributed by atoms with E-state index in [4.69, 9.17) is 0 Å². The van der Waals surface area contributed by atoms with Crippen LogP contribution >= 0.6 is 11.5 Å². The van der Waals surface area contributed by atoms with Crippen molar-refractivity contribution >= 4 is 27.5 Å². The Hall–Kier alpha value is -1.46. The maximum atomic E-state index is 12.9. The average Bonchev–Trinajstić information content (AvgIpc) is 3.01. The molecule has 2 aromatic rings. The first-order chi connectivity index (χ1) is 10.7. The van der Waals surface area contributed by atoms with E-state index in [0.29, 0.717) is 17.8 Å². The van der Waals surface area contributed by atoms with E-state index < -0.39 is 0 Å². The maximum Gasteiger partial charge on any atom is 0.274 e. The summed E-state index contributed by atoms with van der Waals surface area (Å²) in [6.45, 7) is 1.86. The summed E-state index contributed by atoms with van der Waals surface area (Å²) < 4.78 is 5.66. The minimum absolute atomic E-state index is 0.131. The molecule has 5 rings (SSSR count). The molecular formula is C17H19N3OS. The van der Waals surface area contributed by atoms with E-state index in [9.17, 15) is 4.79 Å². The zero-order valence-corrected chi connectivity index (χ0v) is 13.5. The first kappa shape index (κ1) is 13.0. The van der Waals surface area contributed by atoms with Crippen LogP contribution in [-0.4, -0.2) is 52.3 Å². The summed E-state index contributed by atoms with van der Waals surface area (Å²) in [5, 5.41) is 1.04. The number of carbonyl (C=O) groups excluding carboxylic acids is 1. The second-order valence-electron chi connectivity index (χ2n) is 7.00. The molecule has 22 heavy (non-hydrogen) atoms. The van der Waals surface area contributed by atoms with E-state index in [-0.39, 0.29) is 5.91 Å². The Balaban J connectivity index is 1.47. The second-order valence-corrected chi connectivity index (χ2v) is 7.81. The lowest BCUT2D eigenvalue weighted by atomic mass is 10.1. The minimum Gasteiger partial charge on any atom is -0.331 e. The Labute approximate surface area is 133 Å². The maximum absolute atomic E-state index is 12.9. The Morgan fingerprint density at radius 1 is 1.27 bits per heavy atom. The molecular weight excluding hydrogens is 294 g/mol. The molecule has 1 amide bonds. The van der Waals surface area contributed by atoms with Crippen molar-refractivity contribution in [1.29, 1.82) is 0 Å². The molecule has 5 heteroatoms. The van der Waals surface area contributed by atoms with Crippen LogP contribution in [0.2, 0.25) is 0 Å². The summed E-state index contributed by atoms with van der Waals surface area (Å²) in [6.07, 6.45) is 3.73. The fraction of sp³-hybridized carbons (Fsp3) is 0.529. The van der Waals surface area contributed by atoms with Crippen LogP contribution in [0.5, 0.6) is 0 Å². The highest BCUT2D eigenvalue weighted by atomic mass is 32.1. The number of amides is 1. The lowest BCUT2D eigenvalue weighted by Gasteiger charge is -2.31. The number of carbonyl (C=O) groups is 1. The van der Waals surface area contributed by atoms with E-state index in [1.165, 1.54) is 29.9 Å². The minimum atomic E-state index is 0.131. The van der Waals surface area contributed by atoms with Gasteiger partial charge in [0.05, 0.1) is 4.70 Å². The van der Waals surface area contributed by atoms with Crippen molar-refractivity contribution in [2.75, 3.05) is 20.1 Å². The molecule has 4 nitrogen and oxygen atoms in total. The quantitative estimate of drug-likeness (QED) is 0.855. The van der Waals surface area contributed by atoms with Crippen LogP contribution in [0.1, 0.15) is 41.2 Å². The van der Waals surface area contributed by atoms with Crippen molar-refractivity contribution in [3.63, 3.8) is 0 Å². The third-order valence-corrected chi connectivity index (χ3v) is 6.33. The molecule has 0 N–H and O–H groups in total. The first-order valence-corrected chi connectivity index (χ1v) is 8.88. The van der Waals surface area contributed by atoms with Gasteiger partial charge in [-0.3, -0.25) is 9.69 Å². The fourth-order valence-electron chi connectivity index (χ4n) is 4.03. The molecule has 3 fully saturated rings. The number of likely N-dealkylation sites (tertiary alicyclic amines) is 2. The predicted molar refractivity (Wildman–Crippen MR) is 87.5 cm³/mol. The lowest BCUT2D eigenvalue weighted by Crippen LogP contribution is -2.47. The van der Waals surface area contributed by atoms with Gasteiger partial charge in [-0.05, 0) is 55.4 Å². The van der Waals surface area contributed by atoms with Gasteiger partial charge in [0, 0.05) is 30.6 Å². The number of hydrogen-bond acceptors (Lipinski definition) is 4. The van der Waals surface area contributed by atoms with Crippen molar-refractivity contribution in [3.8, 4) is 0 Å². The zero-order chi connectivity index (χ0) is 14.8. The molecule has 2 bridgehead atoms. The number of likely N-dealkylation sites (N-methyl/N-ethyl adjacent to an activating group) is 1. The van der Waals surface area contributed by atoms with Crippen molar-refractivity contribution in [3.05, 3.63) is 29.5 Å². The summed E-state index contributed by atoms with van der Waals surface area (Å²) in [5.74, 6) is 0.876. The number of hydrogen-bond donors (Lipinski definition) is 0. The molecule has 1 aromatic carbocycles. The number of fused-ring (bicyclic) bond motifs is 3. The highest BCUT2D eigenvalue weighted by Gasteiger charge is 2.44. The number of benzene rings is 1. The van der Waals surface area contributed by atoms with Gasteiger partial charge in [0.25, 0.3) is 5.91 Å². The van der Waals surface area contributed by atoms with Gasteiger partial charge in [-0.15, -0.1) is 0 Å². The molecule has 2 saturated heterocycles. The molecule has 114 valence electrons. The largest absolute Gasteiger partial charge is 0.331 e. The second kappa shape index (κ2) is 4.52. The highest BCUT2D eigenvalue weighted by molar-refractivity contribution is 7.13. The average molecular weight is 313 g/mol. The van der Waals surface area contributed by atoms with Crippen LogP contribution in [-0.2, 0) is 0 Å². The SMILES string of the molecule is CN1C[C@@H]2C[C@H]1CN2C(=O)c1nsc2cc(C3CC3)ccc12. The van der Waals surface area contributed by atoms with Gasteiger partial charge in [-0.25, -0.2) is 0 Å².